The molecule has 46 heteroatoms. The van der Waals surface area contributed by atoms with Crippen LogP contribution in [0.1, 0.15) is 93.5 Å². The number of hydrogen-bond donors (Lipinski definition) is 14. The molecule has 1 fully saturated rings. The SMILES string of the molecule is CCN/C(=C\C(C)=N)COC/N=c1\[nH]c2cc(C(N)=O)cc(OC)c2n1C/C=C/Cn1/c(=N/C(=O)/C(=C/C(C)=N)NCC)[nH]c2cc(C(N)=O)cc(OCCCN3CCN(C(=O)OCc4ccc(NC(=O)[C@H](CCCNC(N)=O)NC(=O)[C@@H](NC(=O)CCOCCOCCOCCOCCOCCOCCOCCOCCOCCOCCNC(=O)CN5C(=O)C=CC5=O)C(C)C)cc4)CC3)c21. The smallest absolute Gasteiger partial charge is 0.410 e. The molecule has 0 spiro atoms. The summed E-state index contributed by atoms with van der Waals surface area (Å²) in [7, 11) is 1.47. The number of nitrogens with one attached hydrogen (secondary N) is 11. The van der Waals surface area contributed by atoms with Crippen molar-refractivity contribution in [3.8, 4) is 11.5 Å². The number of carbonyl (C=O) groups excluding carboxylic acids is 11. The Hall–Kier alpha value is -12.6. The number of methoxy groups -OCH3 is 1. The van der Waals surface area contributed by atoms with Gasteiger partial charge in [-0.1, -0.05) is 38.1 Å². The molecule has 2 atom stereocenters. The average Bonchev–Trinajstić information content (AvgIpc) is 1.61. The number of primary amides is 3. The third kappa shape index (κ3) is 41.5. The standard InChI is InChI=1S/C91H135N21O25/c1-8-97-69(52-63(5)92)60-135-61-101-89-104-71-54-66(83(94)117)56-74(124-7)81(71)110(89)25-10-11-26-111-82-72(105-90(111)107-86(120)73(98-9-2)53-64(6)93)55-67(84(95)118)57-75(82)136-31-13-24-108-27-29-109(30-28-108)91(123)137-59-65-15-17-68(18-16-65)102-85(119)70(14-12-22-100-88(96)122)103-87(121)80(62(3)4)106-76(113)21-32-125-34-36-127-38-40-129-42-44-131-46-48-133-50-51-134-49-47-132-45-43-130-41-39-128-37-35-126-33-23-99-77(114)58-112-78(115)19-20-79(112)116/h10-11,15-20,52-57,62,70,80,92-93,97-98H,8-9,12-14,21-51,58-61H2,1-7H3,(H2,94,117)(H2,95,118)(H,99,114)(H,101,104)(H,102,119)(H,103,121)(H,106,113)(H3,96,100,122)(H,105,107,120)/b11-10+,69-52-,73-53-,92-63?,93-64?/t70-,80-/m0/s1. The lowest BCUT2D eigenvalue weighted by Crippen LogP contribution is -2.54. The van der Waals surface area contributed by atoms with E-state index < -0.39 is 77.4 Å². The highest BCUT2D eigenvalue weighted by Gasteiger charge is 2.31. The number of nitrogens with zero attached hydrogens (tertiary/aromatic N) is 7. The first kappa shape index (κ1) is 111. The van der Waals surface area contributed by atoms with Crippen LogP contribution >= 0.6 is 0 Å². The van der Waals surface area contributed by atoms with Crippen molar-refractivity contribution in [2.75, 3.05) is 230 Å². The molecule has 0 bridgehead atoms. The molecule has 4 heterocycles. The van der Waals surface area contributed by atoms with Crippen molar-refractivity contribution in [1.82, 2.24) is 65.7 Å². The Morgan fingerprint density at radius 2 is 1.07 bits per heavy atom. The van der Waals surface area contributed by atoms with Crippen LogP contribution in [0.4, 0.5) is 15.3 Å². The molecule has 3 aromatic carbocycles. The monoisotopic (exact) mass is 1920 g/mol. The summed E-state index contributed by atoms with van der Waals surface area (Å²) < 4.78 is 82.7. The quantitative estimate of drug-likeness (QED) is 0.00860. The predicted molar refractivity (Wildman–Crippen MR) is 503 cm³/mol. The predicted octanol–water partition coefficient (Wildman–Crippen LogP) is 1.42. The van der Waals surface area contributed by atoms with E-state index in [1.165, 1.54) is 32.2 Å². The number of ether oxygens (including phenoxy) is 14. The Kier molecular flexibility index (Phi) is 51.2. The van der Waals surface area contributed by atoms with Crippen LogP contribution in [0.25, 0.3) is 22.1 Å². The Labute approximate surface area is 794 Å². The number of aromatic nitrogens is 4. The first-order valence-corrected chi connectivity index (χ1v) is 45.5. The molecule has 0 radical (unpaired) electrons. The molecular weight excluding hydrogens is 1790 g/mol. The van der Waals surface area contributed by atoms with Crippen molar-refractivity contribution in [1.29, 1.82) is 10.8 Å². The highest BCUT2D eigenvalue weighted by Crippen LogP contribution is 2.29. The minimum atomic E-state index is -1.10. The van der Waals surface area contributed by atoms with Gasteiger partial charge in [0.25, 0.3) is 17.7 Å². The molecule has 5 aromatic rings. The zero-order valence-electron chi connectivity index (χ0n) is 79.2. The number of carbonyl (C=O) groups is 11. The molecule has 7 rings (SSSR count). The Morgan fingerprint density at radius 1 is 0.555 bits per heavy atom. The number of aromatic amines is 2. The number of imidazole rings is 2. The van der Waals surface area contributed by atoms with Crippen molar-refractivity contribution in [2.45, 2.75) is 99.0 Å². The number of urea groups is 1. The molecule has 12 amide bonds. The molecular formula is C91H135N21O25. The van der Waals surface area contributed by atoms with Gasteiger partial charge >= 0.3 is 12.1 Å². The van der Waals surface area contributed by atoms with Gasteiger partial charge in [0.2, 0.25) is 46.7 Å². The van der Waals surface area contributed by atoms with Crippen LogP contribution in [0.5, 0.6) is 11.5 Å². The fourth-order valence-electron chi connectivity index (χ4n) is 13.6. The summed E-state index contributed by atoms with van der Waals surface area (Å²) in [6.45, 7) is 21.0. The average molecular weight is 1920 g/mol. The molecule has 2 aromatic heterocycles. The molecule has 46 nitrogen and oxygen atoms in total. The molecule has 2 aliphatic heterocycles. The van der Waals surface area contributed by atoms with Gasteiger partial charge in [-0.2, -0.15) is 4.99 Å². The molecule has 137 heavy (non-hydrogen) atoms. The minimum absolute atomic E-state index is 0.0516. The van der Waals surface area contributed by atoms with Crippen LogP contribution in [-0.2, 0) is 110 Å². The summed E-state index contributed by atoms with van der Waals surface area (Å²) in [6.07, 6.45) is 9.28. The number of hydrogen-bond acceptors (Lipinski definition) is 31. The Balaban J connectivity index is 0.772. The summed E-state index contributed by atoms with van der Waals surface area (Å²) in [5.74, 6) is -4.96. The molecule has 0 saturated carbocycles. The van der Waals surface area contributed by atoms with E-state index in [2.05, 4.69) is 57.1 Å². The number of benzene rings is 3. The Bertz CT molecular complexity index is 5020. The van der Waals surface area contributed by atoms with E-state index in [9.17, 15) is 52.7 Å². The number of likely N-dealkylation sites (N-methyl/N-ethyl adjacent to an activating group) is 2. The third-order valence-electron chi connectivity index (χ3n) is 20.3. The number of allylic oxidation sites excluding steroid dienone is 4. The number of imide groups is 1. The van der Waals surface area contributed by atoms with E-state index in [0.717, 1.165) is 17.1 Å². The normalized spacial score (nSPS) is 13.8. The van der Waals surface area contributed by atoms with E-state index >= 15 is 0 Å². The summed E-state index contributed by atoms with van der Waals surface area (Å²) in [5.41, 5.74) is 21.8. The molecule has 754 valence electrons. The number of nitrogens with two attached hydrogens (primary N) is 3. The fourth-order valence-corrected chi connectivity index (χ4v) is 13.6. The minimum Gasteiger partial charge on any atom is -0.494 e. The van der Waals surface area contributed by atoms with Gasteiger partial charge in [-0.05, 0) is 107 Å². The van der Waals surface area contributed by atoms with Crippen LogP contribution in [0.2, 0.25) is 0 Å². The number of anilines is 1. The summed E-state index contributed by atoms with van der Waals surface area (Å²) in [5, 5.41) is 35.7. The lowest BCUT2D eigenvalue weighted by atomic mass is 10.0. The maximum atomic E-state index is 14.0. The lowest BCUT2D eigenvalue weighted by Gasteiger charge is -2.34. The van der Waals surface area contributed by atoms with Crippen LogP contribution in [0.3, 0.4) is 0 Å². The van der Waals surface area contributed by atoms with Gasteiger partial charge in [-0.15, -0.1) is 0 Å². The first-order valence-electron chi connectivity index (χ1n) is 45.5. The molecule has 1 saturated heterocycles. The van der Waals surface area contributed by atoms with E-state index in [4.69, 9.17) is 99.3 Å². The molecule has 2 aliphatic rings. The van der Waals surface area contributed by atoms with Gasteiger partial charge < -0.3 is 156 Å². The second kappa shape index (κ2) is 62.9. The van der Waals surface area contributed by atoms with E-state index in [-0.39, 0.29) is 145 Å². The van der Waals surface area contributed by atoms with Gasteiger partial charge in [0, 0.05) is 124 Å². The number of fused-ring (bicyclic) bond motifs is 2. The van der Waals surface area contributed by atoms with Crippen molar-refractivity contribution < 1.29 is 119 Å². The highest BCUT2D eigenvalue weighted by atomic mass is 16.6. The number of amides is 12. The summed E-state index contributed by atoms with van der Waals surface area (Å²) in [6, 6.07) is 9.96. The topological polar surface area (TPSA) is 603 Å². The number of piperazine rings is 1. The first-order chi connectivity index (χ1) is 66.2. The van der Waals surface area contributed by atoms with Gasteiger partial charge in [-0.3, -0.25) is 53.0 Å². The van der Waals surface area contributed by atoms with E-state index in [1.54, 1.807) is 79.6 Å². The van der Waals surface area contributed by atoms with Crippen molar-refractivity contribution in [3.05, 3.63) is 124 Å². The highest BCUT2D eigenvalue weighted by molar-refractivity contribution is 6.14. The van der Waals surface area contributed by atoms with Crippen LogP contribution in [-0.4, -0.2) is 347 Å². The zero-order chi connectivity index (χ0) is 99.1. The third-order valence-corrected chi connectivity index (χ3v) is 20.3. The second-order valence-electron chi connectivity index (χ2n) is 31.3. The largest absolute Gasteiger partial charge is 0.494 e. The molecule has 0 aliphatic carbocycles. The maximum Gasteiger partial charge on any atom is 0.410 e. The number of H-pyrrole nitrogens is 2. The van der Waals surface area contributed by atoms with Gasteiger partial charge in [0.1, 0.15) is 60.2 Å². The van der Waals surface area contributed by atoms with Crippen molar-refractivity contribution in [3.63, 3.8) is 0 Å². The molecule has 17 N–H and O–H groups in total. The van der Waals surface area contributed by atoms with Crippen LogP contribution in [0.15, 0.2) is 106 Å². The zero-order valence-corrected chi connectivity index (χ0v) is 79.2. The molecule has 0 unspecified atom stereocenters. The fraction of sp³-hybridized carbons (Fsp3) is 0.549. The van der Waals surface area contributed by atoms with Crippen LogP contribution in [0, 0.1) is 16.7 Å². The van der Waals surface area contributed by atoms with Crippen molar-refractivity contribution in [2.24, 2.45) is 33.1 Å². The van der Waals surface area contributed by atoms with E-state index in [0.29, 0.717) is 214 Å². The van der Waals surface area contributed by atoms with Crippen LogP contribution < -0.4 is 75.1 Å². The van der Waals surface area contributed by atoms with Gasteiger partial charge in [0.15, 0.2) is 0 Å². The second-order valence-corrected chi connectivity index (χ2v) is 31.3. The maximum absolute atomic E-state index is 14.0. The van der Waals surface area contributed by atoms with Gasteiger partial charge in [-0.25, -0.2) is 14.6 Å². The summed E-state index contributed by atoms with van der Waals surface area (Å²) in [4.78, 5) is 161. The lowest BCUT2D eigenvalue weighted by molar-refractivity contribution is -0.141. The Morgan fingerprint density at radius 3 is 1.58 bits per heavy atom. The number of rotatable bonds is 70. The van der Waals surface area contributed by atoms with Crippen molar-refractivity contribution >= 4 is 104 Å². The van der Waals surface area contributed by atoms with Gasteiger partial charge in [0.05, 0.1) is 163 Å². The summed E-state index contributed by atoms with van der Waals surface area (Å²) >= 11 is 0. The van der Waals surface area contributed by atoms with E-state index in [1.807, 2.05) is 23.6 Å².